The quantitative estimate of drug-likeness (QED) is 0.929. The number of nitrogens with one attached hydrogen (secondary N) is 1. The van der Waals surface area contributed by atoms with Crippen LogP contribution in [-0.2, 0) is 4.79 Å². The molecule has 0 radical (unpaired) electrons. The Kier molecular flexibility index (Phi) is 4.81. The van der Waals surface area contributed by atoms with E-state index in [0.29, 0.717) is 18.5 Å². The summed E-state index contributed by atoms with van der Waals surface area (Å²) in [5.74, 6) is 1.60. The van der Waals surface area contributed by atoms with Crippen LogP contribution in [0.4, 0.5) is 0 Å². The Hall–Kier alpha value is -1.36. The lowest BCUT2D eigenvalue weighted by Crippen LogP contribution is -2.45. The highest BCUT2D eigenvalue weighted by Gasteiger charge is 2.31. The standard InChI is InChI=1S/C17H27N3O2/c1-12-6-3-4-7-14(12)18-17(21)11-20-9-5-8-16(20)15-10-13(2)22-19-15/h10,12,14,16H,3-9,11H2,1-2H3,(H,18,21). The third kappa shape index (κ3) is 3.51. The number of likely N-dealkylation sites (tertiary alicyclic amines) is 1. The van der Waals surface area contributed by atoms with E-state index in [1.54, 1.807) is 0 Å². The van der Waals surface area contributed by atoms with E-state index in [0.717, 1.165) is 37.3 Å². The van der Waals surface area contributed by atoms with E-state index in [9.17, 15) is 4.79 Å². The van der Waals surface area contributed by atoms with Crippen LogP contribution >= 0.6 is 0 Å². The van der Waals surface area contributed by atoms with Crippen LogP contribution in [0.5, 0.6) is 0 Å². The molecule has 0 bridgehead atoms. The molecule has 1 amide bonds. The highest BCUT2D eigenvalue weighted by atomic mass is 16.5. The van der Waals surface area contributed by atoms with Crippen LogP contribution in [0.15, 0.2) is 10.6 Å². The molecule has 2 fully saturated rings. The number of nitrogens with zero attached hydrogens (tertiary/aromatic N) is 2. The number of aryl methyl sites for hydroxylation is 1. The molecule has 1 aromatic heterocycles. The predicted molar refractivity (Wildman–Crippen MR) is 84.4 cm³/mol. The van der Waals surface area contributed by atoms with Crippen LogP contribution in [0, 0.1) is 12.8 Å². The third-order valence-corrected chi connectivity index (χ3v) is 5.16. The predicted octanol–water partition coefficient (Wildman–Crippen LogP) is 2.81. The summed E-state index contributed by atoms with van der Waals surface area (Å²) in [7, 11) is 0. The zero-order chi connectivity index (χ0) is 15.5. The molecule has 1 aliphatic carbocycles. The fraction of sp³-hybridized carbons (Fsp3) is 0.765. The van der Waals surface area contributed by atoms with Gasteiger partial charge in [0, 0.05) is 12.1 Å². The fourth-order valence-electron chi connectivity index (χ4n) is 3.86. The Morgan fingerprint density at radius 1 is 1.36 bits per heavy atom. The molecule has 1 aliphatic heterocycles. The molecule has 3 unspecified atom stereocenters. The first-order chi connectivity index (χ1) is 10.6. The normalized spacial score (nSPS) is 29.6. The lowest BCUT2D eigenvalue weighted by Gasteiger charge is -2.30. The minimum absolute atomic E-state index is 0.158. The van der Waals surface area contributed by atoms with Gasteiger partial charge in [0.1, 0.15) is 11.5 Å². The highest BCUT2D eigenvalue weighted by Crippen LogP contribution is 2.31. The maximum atomic E-state index is 12.4. The van der Waals surface area contributed by atoms with Crippen molar-refractivity contribution in [3.63, 3.8) is 0 Å². The molecule has 0 aromatic carbocycles. The minimum atomic E-state index is 0.158. The largest absolute Gasteiger partial charge is 0.361 e. The molecule has 2 heterocycles. The number of carbonyl (C=O) groups excluding carboxylic acids is 1. The summed E-state index contributed by atoms with van der Waals surface area (Å²) in [6, 6.07) is 2.58. The van der Waals surface area contributed by atoms with Crippen molar-refractivity contribution in [3.05, 3.63) is 17.5 Å². The molecule has 122 valence electrons. The van der Waals surface area contributed by atoms with Gasteiger partial charge in [0.15, 0.2) is 0 Å². The third-order valence-electron chi connectivity index (χ3n) is 5.16. The molecule has 1 saturated heterocycles. The molecule has 1 saturated carbocycles. The lowest BCUT2D eigenvalue weighted by molar-refractivity contribution is -0.123. The van der Waals surface area contributed by atoms with Gasteiger partial charge in [-0.25, -0.2) is 0 Å². The van der Waals surface area contributed by atoms with E-state index in [2.05, 4.69) is 22.3 Å². The zero-order valence-corrected chi connectivity index (χ0v) is 13.7. The van der Waals surface area contributed by atoms with Gasteiger partial charge in [-0.2, -0.15) is 0 Å². The molecule has 1 aromatic rings. The van der Waals surface area contributed by atoms with Gasteiger partial charge in [0.05, 0.1) is 12.6 Å². The number of hydrogen-bond acceptors (Lipinski definition) is 4. The van der Waals surface area contributed by atoms with Crippen LogP contribution in [0.3, 0.4) is 0 Å². The Morgan fingerprint density at radius 2 is 2.18 bits per heavy atom. The fourth-order valence-corrected chi connectivity index (χ4v) is 3.86. The molecule has 2 aliphatic rings. The van der Waals surface area contributed by atoms with Crippen molar-refractivity contribution >= 4 is 5.91 Å². The highest BCUT2D eigenvalue weighted by molar-refractivity contribution is 5.78. The maximum absolute atomic E-state index is 12.4. The first kappa shape index (κ1) is 15.5. The van der Waals surface area contributed by atoms with Crippen LogP contribution in [0.2, 0.25) is 0 Å². The maximum Gasteiger partial charge on any atom is 0.234 e. The van der Waals surface area contributed by atoms with Gasteiger partial charge >= 0.3 is 0 Å². The number of rotatable bonds is 4. The Morgan fingerprint density at radius 3 is 2.91 bits per heavy atom. The van der Waals surface area contributed by atoms with Crippen LogP contribution in [-0.4, -0.2) is 35.1 Å². The molecule has 3 atom stereocenters. The summed E-state index contributed by atoms with van der Waals surface area (Å²) in [5.41, 5.74) is 0.967. The summed E-state index contributed by atoms with van der Waals surface area (Å²) < 4.78 is 5.19. The average molecular weight is 305 g/mol. The van der Waals surface area contributed by atoms with Gasteiger partial charge in [-0.05, 0) is 45.1 Å². The van der Waals surface area contributed by atoms with E-state index >= 15 is 0 Å². The molecule has 5 heteroatoms. The minimum Gasteiger partial charge on any atom is -0.361 e. The smallest absolute Gasteiger partial charge is 0.234 e. The molecule has 5 nitrogen and oxygen atoms in total. The van der Waals surface area contributed by atoms with Crippen molar-refractivity contribution in [2.24, 2.45) is 5.92 Å². The SMILES string of the molecule is Cc1cc(C2CCCN2CC(=O)NC2CCCCC2C)no1. The second kappa shape index (κ2) is 6.82. The number of hydrogen-bond donors (Lipinski definition) is 1. The van der Waals surface area contributed by atoms with E-state index < -0.39 is 0 Å². The van der Waals surface area contributed by atoms with Gasteiger partial charge in [-0.1, -0.05) is 24.9 Å². The number of aromatic nitrogens is 1. The summed E-state index contributed by atoms with van der Waals surface area (Å²) in [6.45, 7) is 5.60. The second-order valence-corrected chi connectivity index (χ2v) is 6.93. The van der Waals surface area contributed by atoms with E-state index in [1.165, 1.54) is 19.3 Å². The Balaban J connectivity index is 1.56. The lowest BCUT2D eigenvalue weighted by atomic mass is 9.86. The van der Waals surface area contributed by atoms with Gasteiger partial charge in [-0.3, -0.25) is 9.69 Å². The van der Waals surface area contributed by atoms with E-state index in [-0.39, 0.29) is 11.9 Å². The van der Waals surface area contributed by atoms with Crippen molar-refractivity contribution in [2.45, 2.75) is 64.5 Å². The monoisotopic (exact) mass is 305 g/mol. The average Bonchev–Trinajstić information content (AvgIpc) is 3.10. The first-order valence-electron chi connectivity index (χ1n) is 8.60. The molecule has 3 rings (SSSR count). The van der Waals surface area contributed by atoms with Gasteiger partial charge in [0.2, 0.25) is 5.91 Å². The van der Waals surface area contributed by atoms with Crippen molar-refractivity contribution in [3.8, 4) is 0 Å². The van der Waals surface area contributed by atoms with E-state index in [1.807, 2.05) is 13.0 Å². The summed E-state index contributed by atoms with van der Waals surface area (Å²) in [6.07, 6.45) is 7.06. The summed E-state index contributed by atoms with van der Waals surface area (Å²) >= 11 is 0. The Bertz CT molecular complexity index is 514. The van der Waals surface area contributed by atoms with Crippen LogP contribution in [0.25, 0.3) is 0 Å². The van der Waals surface area contributed by atoms with Gasteiger partial charge in [-0.15, -0.1) is 0 Å². The molecular weight excluding hydrogens is 278 g/mol. The van der Waals surface area contributed by atoms with Gasteiger partial charge < -0.3 is 9.84 Å². The zero-order valence-electron chi connectivity index (χ0n) is 13.7. The van der Waals surface area contributed by atoms with Gasteiger partial charge in [0.25, 0.3) is 0 Å². The molecule has 0 spiro atoms. The molecule has 22 heavy (non-hydrogen) atoms. The molecular formula is C17H27N3O2. The summed E-state index contributed by atoms with van der Waals surface area (Å²) in [5, 5.41) is 7.38. The topological polar surface area (TPSA) is 58.4 Å². The second-order valence-electron chi connectivity index (χ2n) is 6.93. The molecule has 1 N–H and O–H groups in total. The summed E-state index contributed by atoms with van der Waals surface area (Å²) in [4.78, 5) is 14.6. The Labute approximate surface area is 132 Å². The van der Waals surface area contributed by atoms with Crippen molar-refractivity contribution in [1.82, 2.24) is 15.4 Å². The number of amides is 1. The van der Waals surface area contributed by atoms with E-state index in [4.69, 9.17) is 4.52 Å². The van der Waals surface area contributed by atoms with Crippen LogP contribution in [0.1, 0.15) is 62.9 Å². The number of carbonyl (C=O) groups is 1. The first-order valence-corrected chi connectivity index (χ1v) is 8.60. The van der Waals surface area contributed by atoms with Crippen molar-refractivity contribution in [1.29, 1.82) is 0 Å². The van der Waals surface area contributed by atoms with Crippen molar-refractivity contribution < 1.29 is 9.32 Å². The van der Waals surface area contributed by atoms with Crippen LogP contribution < -0.4 is 5.32 Å². The van der Waals surface area contributed by atoms with Crippen molar-refractivity contribution in [2.75, 3.05) is 13.1 Å².